The first-order valence-corrected chi connectivity index (χ1v) is 10.3. The van der Waals surface area contributed by atoms with Gasteiger partial charge in [0.05, 0.1) is 5.03 Å². The van der Waals surface area contributed by atoms with Gasteiger partial charge in [-0.1, -0.05) is 43.3 Å². The van der Waals surface area contributed by atoms with Gasteiger partial charge in [-0.3, -0.25) is 4.98 Å². The molecule has 0 atom stereocenters. The van der Waals surface area contributed by atoms with Crippen molar-refractivity contribution in [2.45, 2.75) is 49.6 Å². The largest absolute Gasteiger partial charge is 0.335 e. The highest BCUT2D eigenvalue weighted by Gasteiger charge is 2.17. The summed E-state index contributed by atoms with van der Waals surface area (Å²) in [4.78, 5) is 5.30. The van der Waals surface area contributed by atoms with E-state index >= 15 is 0 Å². The van der Waals surface area contributed by atoms with Crippen LogP contribution in [-0.4, -0.2) is 9.55 Å². The van der Waals surface area contributed by atoms with Gasteiger partial charge in [-0.05, 0) is 72.4 Å². The Balaban J connectivity index is 2.02. The van der Waals surface area contributed by atoms with Crippen molar-refractivity contribution in [2.24, 2.45) is 0 Å². The summed E-state index contributed by atoms with van der Waals surface area (Å²) in [6, 6.07) is 12.7. The van der Waals surface area contributed by atoms with Crippen LogP contribution < -0.4 is 0 Å². The van der Waals surface area contributed by atoms with Crippen molar-refractivity contribution in [3.63, 3.8) is 0 Å². The lowest BCUT2D eigenvalue weighted by molar-refractivity contribution is 0.689. The van der Waals surface area contributed by atoms with Crippen molar-refractivity contribution < 1.29 is 0 Å². The van der Waals surface area contributed by atoms with Gasteiger partial charge in [0, 0.05) is 34.6 Å². The van der Waals surface area contributed by atoms with Crippen LogP contribution in [0.5, 0.6) is 0 Å². The Morgan fingerprint density at radius 2 is 1.89 bits per heavy atom. The molecule has 0 bridgehead atoms. The quantitative estimate of drug-likeness (QED) is 0.404. The first kappa shape index (κ1) is 19.8. The number of aryl methyl sites for hydroxylation is 1. The van der Waals surface area contributed by atoms with E-state index in [0.717, 1.165) is 22.9 Å². The van der Waals surface area contributed by atoms with Crippen LogP contribution in [0.3, 0.4) is 0 Å². The van der Waals surface area contributed by atoms with E-state index in [1.807, 2.05) is 30.6 Å². The highest BCUT2D eigenvalue weighted by atomic mass is 35.5. The van der Waals surface area contributed by atoms with Crippen LogP contribution in [-0.2, 0) is 13.0 Å². The van der Waals surface area contributed by atoms with Gasteiger partial charge in [-0.15, -0.1) is 6.58 Å². The number of halogens is 1. The molecule has 0 radical (unpaired) electrons. The van der Waals surface area contributed by atoms with Gasteiger partial charge in [0.2, 0.25) is 0 Å². The minimum atomic E-state index is 0.455. The maximum atomic E-state index is 6.37. The summed E-state index contributed by atoms with van der Waals surface area (Å²) in [5.41, 5.74) is 5.08. The Kier molecular flexibility index (Phi) is 6.46. The molecule has 3 aromatic rings. The lowest BCUT2D eigenvalue weighted by Crippen LogP contribution is -2.04. The third kappa shape index (κ3) is 4.85. The van der Waals surface area contributed by atoms with Gasteiger partial charge in [0.1, 0.15) is 0 Å². The number of rotatable bonds is 7. The fraction of sp³-hybridized carbons (Fsp3) is 0.261. The van der Waals surface area contributed by atoms with E-state index in [2.05, 4.69) is 61.2 Å². The molecule has 0 saturated carbocycles. The van der Waals surface area contributed by atoms with Crippen LogP contribution in [0.25, 0.3) is 0 Å². The zero-order valence-electron chi connectivity index (χ0n) is 16.1. The second-order valence-electron chi connectivity index (χ2n) is 7.03. The predicted molar refractivity (Wildman–Crippen MR) is 116 cm³/mol. The molecule has 0 aliphatic carbocycles. The third-order valence-corrected chi connectivity index (χ3v) is 5.86. The van der Waals surface area contributed by atoms with Crippen molar-refractivity contribution in [1.82, 2.24) is 9.55 Å². The van der Waals surface area contributed by atoms with Crippen LogP contribution in [0.2, 0.25) is 5.02 Å². The molecule has 0 fully saturated rings. The van der Waals surface area contributed by atoms with Crippen molar-refractivity contribution >= 4 is 23.4 Å². The summed E-state index contributed by atoms with van der Waals surface area (Å²) in [6.07, 6.45) is 6.43. The molecule has 140 valence electrons. The van der Waals surface area contributed by atoms with E-state index in [9.17, 15) is 0 Å². The second kappa shape index (κ2) is 8.81. The van der Waals surface area contributed by atoms with Crippen molar-refractivity contribution in [1.29, 1.82) is 0 Å². The molecule has 2 aromatic heterocycles. The number of hydrogen-bond donors (Lipinski definition) is 0. The number of benzene rings is 1. The summed E-state index contributed by atoms with van der Waals surface area (Å²) in [7, 11) is 0. The van der Waals surface area contributed by atoms with E-state index in [1.54, 1.807) is 11.8 Å². The Bertz CT molecular complexity index is 929. The molecule has 2 nitrogen and oxygen atoms in total. The van der Waals surface area contributed by atoms with Gasteiger partial charge in [0.15, 0.2) is 0 Å². The van der Waals surface area contributed by atoms with Gasteiger partial charge in [0.25, 0.3) is 0 Å². The molecule has 2 heterocycles. The molecule has 4 heteroatoms. The SMILES string of the molecule is C=CCc1cc(Cl)cc(Sc2c(C(C)C)cc(C)n2Cc2ccncc2)c1. The van der Waals surface area contributed by atoms with E-state index in [1.165, 1.54) is 27.4 Å². The lowest BCUT2D eigenvalue weighted by Gasteiger charge is -2.15. The standard InChI is InChI=1S/C23H25ClN2S/c1-5-6-19-12-20(24)14-21(13-19)27-23-22(16(2)3)11-17(4)26(23)15-18-7-9-25-10-8-18/h5,7-14,16H,1,6,15H2,2-4H3. The van der Waals surface area contributed by atoms with Crippen molar-refractivity contribution in [3.8, 4) is 0 Å². The first-order chi connectivity index (χ1) is 13.0. The van der Waals surface area contributed by atoms with E-state index < -0.39 is 0 Å². The average Bonchev–Trinajstić information content (AvgIpc) is 2.92. The normalized spacial score (nSPS) is 11.1. The highest BCUT2D eigenvalue weighted by Crippen LogP contribution is 2.38. The monoisotopic (exact) mass is 396 g/mol. The number of hydrogen-bond acceptors (Lipinski definition) is 2. The molecule has 0 aliphatic rings. The summed E-state index contributed by atoms with van der Waals surface area (Å²) in [5.74, 6) is 0.455. The number of allylic oxidation sites excluding steroid dienone is 1. The van der Waals surface area contributed by atoms with Crippen molar-refractivity contribution in [3.05, 3.63) is 88.9 Å². The van der Waals surface area contributed by atoms with Gasteiger partial charge in [-0.2, -0.15) is 0 Å². The summed E-state index contributed by atoms with van der Waals surface area (Å²) in [6.45, 7) is 11.4. The Morgan fingerprint density at radius 1 is 1.15 bits per heavy atom. The van der Waals surface area contributed by atoms with Gasteiger partial charge >= 0.3 is 0 Å². The van der Waals surface area contributed by atoms with Crippen LogP contribution in [0.4, 0.5) is 0 Å². The predicted octanol–water partition coefficient (Wildman–Crippen LogP) is 6.90. The zero-order valence-corrected chi connectivity index (χ0v) is 17.6. The maximum absolute atomic E-state index is 6.37. The molecule has 27 heavy (non-hydrogen) atoms. The molecule has 0 amide bonds. The molecule has 0 spiro atoms. The topological polar surface area (TPSA) is 17.8 Å². The zero-order chi connectivity index (χ0) is 19.4. The fourth-order valence-corrected chi connectivity index (χ4v) is 4.82. The molecule has 0 aliphatic heterocycles. The Hall–Kier alpha value is -1.97. The molecule has 0 N–H and O–H groups in total. The fourth-order valence-electron chi connectivity index (χ4n) is 3.15. The molecular formula is C23H25ClN2S. The minimum Gasteiger partial charge on any atom is -0.335 e. The minimum absolute atomic E-state index is 0.455. The summed E-state index contributed by atoms with van der Waals surface area (Å²) < 4.78 is 2.39. The third-order valence-electron chi connectivity index (χ3n) is 4.52. The summed E-state index contributed by atoms with van der Waals surface area (Å²) in [5, 5.41) is 2.05. The highest BCUT2D eigenvalue weighted by molar-refractivity contribution is 7.99. The van der Waals surface area contributed by atoms with Crippen LogP contribution >= 0.6 is 23.4 Å². The molecular weight excluding hydrogens is 372 g/mol. The Labute approximate surface area is 171 Å². The Morgan fingerprint density at radius 3 is 2.56 bits per heavy atom. The van der Waals surface area contributed by atoms with E-state index in [-0.39, 0.29) is 0 Å². The van der Waals surface area contributed by atoms with Gasteiger partial charge < -0.3 is 4.57 Å². The lowest BCUT2D eigenvalue weighted by atomic mass is 10.1. The molecule has 0 saturated heterocycles. The van der Waals surface area contributed by atoms with E-state index in [4.69, 9.17) is 11.6 Å². The molecule has 0 unspecified atom stereocenters. The van der Waals surface area contributed by atoms with Crippen molar-refractivity contribution in [2.75, 3.05) is 0 Å². The number of pyridine rings is 1. The number of nitrogens with zero attached hydrogens (tertiary/aromatic N) is 2. The maximum Gasteiger partial charge on any atom is 0.0836 e. The summed E-state index contributed by atoms with van der Waals surface area (Å²) >= 11 is 8.16. The number of aromatic nitrogens is 2. The second-order valence-corrected chi connectivity index (χ2v) is 8.53. The first-order valence-electron chi connectivity index (χ1n) is 9.15. The van der Waals surface area contributed by atoms with E-state index in [0.29, 0.717) is 5.92 Å². The molecule has 1 aromatic carbocycles. The average molecular weight is 397 g/mol. The van der Waals surface area contributed by atoms with Crippen LogP contribution in [0.15, 0.2) is 71.4 Å². The van der Waals surface area contributed by atoms with Gasteiger partial charge in [-0.25, -0.2) is 0 Å². The van der Waals surface area contributed by atoms with Crippen LogP contribution in [0, 0.1) is 6.92 Å². The smallest absolute Gasteiger partial charge is 0.0836 e. The molecule has 3 rings (SSSR count). The van der Waals surface area contributed by atoms with Crippen LogP contribution in [0.1, 0.15) is 42.1 Å².